The first-order chi connectivity index (χ1) is 12.2. The number of rotatable bonds is 3. The Morgan fingerprint density at radius 2 is 1.77 bits per heavy atom. The van der Waals surface area contributed by atoms with Crippen LogP contribution in [0.3, 0.4) is 0 Å². The van der Waals surface area contributed by atoms with E-state index in [1.807, 2.05) is 23.1 Å². The first-order valence-electron chi connectivity index (χ1n) is 9.19. The minimum absolute atomic E-state index is 0.0430. The number of carbonyl (C=O) groups is 1. The molecule has 0 aliphatic carbocycles. The fraction of sp³-hybridized carbons (Fsp3) is 0.632. The Morgan fingerprint density at radius 1 is 1.15 bits per heavy atom. The molecule has 7 heteroatoms. The monoisotopic (exact) mass is 398 g/mol. The second kappa shape index (κ2) is 7.49. The highest BCUT2D eigenvalue weighted by molar-refractivity contribution is 7.88. The van der Waals surface area contributed by atoms with Gasteiger partial charge in [0.15, 0.2) is 0 Å². The van der Waals surface area contributed by atoms with Gasteiger partial charge in [0.2, 0.25) is 15.9 Å². The third kappa shape index (κ3) is 4.24. The van der Waals surface area contributed by atoms with Crippen LogP contribution in [0.5, 0.6) is 0 Å². The molecule has 2 saturated heterocycles. The summed E-state index contributed by atoms with van der Waals surface area (Å²) < 4.78 is 24.7. The molecule has 2 heterocycles. The second-order valence-corrected chi connectivity index (χ2v) is 10.3. The fourth-order valence-electron chi connectivity index (χ4n) is 4.07. The number of amides is 1. The maximum atomic E-state index is 12.8. The molecular weight excluding hydrogens is 372 g/mol. The summed E-state index contributed by atoms with van der Waals surface area (Å²) in [6.45, 7) is 4.62. The summed E-state index contributed by atoms with van der Waals surface area (Å²) in [5.41, 5.74) is 1.28. The molecule has 0 spiro atoms. The third-order valence-corrected chi connectivity index (χ3v) is 7.51. The van der Waals surface area contributed by atoms with Crippen LogP contribution in [0.1, 0.15) is 38.2 Å². The van der Waals surface area contributed by atoms with E-state index in [9.17, 15) is 13.2 Å². The average molecular weight is 399 g/mol. The van der Waals surface area contributed by atoms with Crippen molar-refractivity contribution >= 4 is 27.5 Å². The number of halogens is 1. The number of likely N-dealkylation sites (tertiary alicyclic amines) is 1. The number of nitrogens with zero attached hydrogens (tertiary/aromatic N) is 2. The number of piperidine rings is 2. The Kier molecular flexibility index (Phi) is 5.66. The smallest absolute Gasteiger partial charge is 0.225 e. The van der Waals surface area contributed by atoms with Gasteiger partial charge in [-0.25, -0.2) is 12.7 Å². The molecule has 2 aliphatic heterocycles. The van der Waals surface area contributed by atoms with Gasteiger partial charge in [-0.1, -0.05) is 30.7 Å². The predicted octanol–water partition coefficient (Wildman–Crippen LogP) is 2.89. The topological polar surface area (TPSA) is 57.7 Å². The van der Waals surface area contributed by atoms with Crippen molar-refractivity contribution in [3.63, 3.8) is 0 Å². The lowest BCUT2D eigenvalue weighted by Crippen LogP contribution is -2.48. The van der Waals surface area contributed by atoms with Crippen molar-refractivity contribution in [2.24, 2.45) is 5.92 Å². The first kappa shape index (κ1) is 19.6. The highest BCUT2D eigenvalue weighted by Gasteiger charge is 2.36. The van der Waals surface area contributed by atoms with Crippen molar-refractivity contribution in [2.75, 3.05) is 32.4 Å². The number of carbonyl (C=O) groups excluding carboxylic acids is 1. The molecule has 0 atom stereocenters. The second-order valence-electron chi connectivity index (χ2n) is 7.83. The largest absolute Gasteiger partial charge is 0.342 e. The van der Waals surface area contributed by atoms with Gasteiger partial charge in [0, 0.05) is 37.1 Å². The lowest BCUT2D eigenvalue weighted by Gasteiger charge is -2.41. The van der Waals surface area contributed by atoms with Crippen LogP contribution in [0, 0.1) is 5.92 Å². The summed E-state index contributed by atoms with van der Waals surface area (Å²) in [7, 11) is -3.15. The minimum atomic E-state index is -3.15. The Bertz CT molecular complexity index is 765. The average Bonchev–Trinajstić information content (AvgIpc) is 2.61. The van der Waals surface area contributed by atoms with Crippen molar-refractivity contribution in [3.05, 3.63) is 34.9 Å². The molecule has 0 saturated carbocycles. The van der Waals surface area contributed by atoms with E-state index in [0.29, 0.717) is 25.9 Å². The van der Waals surface area contributed by atoms with Crippen LogP contribution in [-0.4, -0.2) is 56.0 Å². The summed E-state index contributed by atoms with van der Waals surface area (Å²) in [6.07, 6.45) is 4.31. The van der Waals surface area contributed by atoms with Crippen LogP contribution in [0.2, 0.25) is 5.02 Å². The van der Waals surface area contributed by atoms with Gasteiger partial charge in [-0.15, -0.1) is 0 Å². The normalized spacial score (nSPS) is 22.3. The van der Waals surface area contributed by atoms with Gasteiger partial charge in [0.25, 0.3) is 0 Å². The minimum Gasteiger partial charge on any atom is -0.342 e. The lowest BCUT2D eigenvalue weighted by atomic mass is 9.74. The number of hydrogen-bond donors (Lipinski definition) is 0. The molecule has 2 aliphatic rings. The standard InChI is InChI=1S/C19H27ClN2O3S/c1-19(16-4-3-5-17(20)14-16)8-12-21(13-9-19)18(23)15-6-10-22(11-7-15)26(2,24)25/h3-5,14-15H,6-13H2,1-2H3. The third-order valence-electron chi connectivity index (χ3n) is 5.97. The molecule has 144 valence electrons. The zero-order chi connectivity index (χ0) is 18.9. The van der Waals surface area contributed by atoms with E-state index in [-0.39, 0.29) is 17.2 Å². The SMILES string of the molecule is CC1(c2cccc(Cl)c2)CCN(C(=O)C2CCN(S(C)(=O)=O)CC2)CC1. The van der Waals surface area contributed by atoms with Crippen molar-refractivity contribution < 1.29 is 13.2 Å². The molecule has 0 bridgehead atoms. The van der Waals surface area contributed by atoms with Crippen molar-refractivity contribution in [1.29, 1.82) is 0 Å². The van der Waals surface area contributed by atoms with Gasteiger partial charge in [0.1, 0.15) is 0 Å². The molecule has 1 aromatic carbocycles. The van der Waals surface area contributed by atoms with E-state index < -0.39 is 10.0 Å². The molecule has 0 unspecified atom stereocenters. The molecule has 0 aromatic heterocycles. The zero-order valence-electron chi connectivity index (χ0n) is 15.4. The lowest BCUT2D eigenvalue weighted by molar-refractivity contribution is -0.138. The fourth-order valence-corrected chi connectivity index (χ4v) is 5.13. The molecule has 2 fully saturated rings. The molecular formula is C19H27ClN2O3S. The molecule has 0 N–H and O–H groups in total. The number of hydrogen-bond acceptors (Lipinski definition) is 3. The maximum absolute atomic E-state index is 12.8. The Morgan fingerprint density at radius 3 is 2.31 bits per heavy atom. The summed E-state index contributed by atoms with van der Waals surface area (Å²) >= 11 is 6.14. The van der Waals surface area contributed by atoms with E-state index in [1.54, 1.807) is 0 Å². The Balaban J connectivity index is 1.57. The predicted molar refractivity (Wildman–Crippen MR) is 104 cm³/mol. The van der Waals surface area contributed by atoms with Gasteiger partial charge in [-0.2, -0.15) is 0 Å². The van der Waals surface area contributed by atoms with Crippen molar-refractivity contribution in [1.82, 2.24) is 9.21 Å². The van der Waals surface area contributed by atoms with Crippen LogP contribution in [0.25, 0.3) is 0 Å². The van der Waals surface area contributed by atoms with Gasteiger partial charge in [0.05, 0.1) is 6.26 Å². The van der Waals surface area contributed by atoms with Crippen LogP contribution in [0.15, 0.2) is 24.3 Å². The van der Waals surface area contributed by atoms with Gasteiger partial charge in [-0.3, -0.25) is 4.79 Å². The molecule has 1 amide bonds. The van der Waals surface area contributed by atoms with Crippen LogP contribution < -0.4 is 0 Å². The maximum Gasteiger partial charge on any atom is 0.225 e. The van der Waals surface area contributed by atoms with E-state index in [1.165, 1.54) is 16.1 Å². The van der Waals surface area contributed by atoms with Crippen molar-refractivity contribution in [2.45, 2.75) is 38.0 Å². The van der Waals surface area contributed by atoms with Gasteiger partial charge >= 0.3 is 0 Å². The van der Waals surface area contributed by atoms with E-state index >= 15 is 0 Å². The molecule has 5 nitrogen and oxygen atoms in total. The van der Waals surface area contributed by atoms with Crippen LogP contribution >= 0.6 is 11.6 Å². The Hall–Kier alpha value is -1.11. The highest BCUT2D eigenvalue weighted by atomic mass is 35.5. The summed E-state index contributed by atoms with van der Waals surface area (Å²) in [5.74, 6) is 0.134. The molecule has 0 radical (unpaired) electrons. The molecule has 26 heavy (non-hydrogen) atoms. The van der Waals surface area contributed by atoms with Crippen molar-refractivity contribution in [3.8, 4) is 0 Å². The molecule has 3 rings (SSSR count). The number of sulfonamides is 1. The first-order valence-corrected chi connectivity index (χ1v) is 11.4. The van der Waals surface area contributed by atoms with Crippen LogP contribution in [-0.2, 0) is 20.2 Å². The molecule has 1 aromatic rings. The zero-order valence-corrected chi connectivity index (χ0v) is 17.0. The van der Waals surface area contributed by atoms with Crippen LogP contribution in [0.4, 0.5) is 0 Å². The van der Waals surface area contributed by atoms with E-state index in [4.69, 9.17) is 11.6 Å². The van der Waals surface area contributed by atoms with Gasteiger partial charge in [-0.05, 0) is 48.8 Å². The number of benzene rings is 1. The highest BCUT2D eigenvalue weighted by Crippen LogP contribution is 2.36. The van der Waals surface area contributed by atoms with E-state index in [2.05, 4.69) is 13.0 Å². The van der Waals surface area contributed by atoms with E-state index in [0.717, 1.165) is 31.0 Å². The summed E-state index contributed by atoms with van der Waals surface area (Å²) in [4.78, 5) is 14.8. The summed E-state index contributed by atoms with van der Waals surface area (Å²) in [5, 5.41) is 0.750. The van der Waals surface area contributed by atoms with Gasteiger partial charge < -0.3 is 4.90 Å². The summed E-state index contributed by atoms with van der Waals surface area (Å²) in [6, 6.07) is 8.01. The quantitative estimate of drug-likeness (QED) is 0.786. The Labute approximate surface area is 161 Å².